The maximum atomic E-state index is 10.1. The van der Waals surface area contributed by atoms with Gasteiger partial charge in [-0.05, 0) is 56.6 Å². The van der Waals surface area contributed by atoms with E-state index in [1.165, 1.54) is 0 Å². The first-order valence-electron chi connectivity index (χ1n) is 7.57. The number of hydrogen-bond acceptors (Lipinski definition) is 4. The molecule has 1 aliphatic rings. The molecule has 4 nitrogen and oxygen atoms in total. The SMILES string of the molecule is Cc1cc(OC[C@@H](O)CN2CCCNCC2)cc(C)c1Cl. The van der Waals surface area contributed by atoms with E-state index >= 15 is 0 Å². The van der Waals surface area contributed by atoms with Gasteiger partial charge in [0.15, 0.2) is 0 Å². The molecule has 21 heavy (non-hydrogen) atoms. The van der Waals surface area contributed by atoms with Crippen LogP contribution < -0.4 is 10.1 Å². The minimum Gasteiger partial charge on any atom is -0.491 e. The van der Waals surface area contributed by atoms with Crippen LogP contribution in [0.3, 0.4) is 0 Å². The summed E-state index contributed by atoms with van der Waals surface area (Å²) in [6.45, 7) is 8.96. The molecule has 0 amide bonds. The smallest absolute Gasteiger partial charge is 0.120 e. The van der Waals surface area contributed by atoms with Crippen molar-refractivity contribution >= 4 is 11.6 Å². The van der Waals surface area contributed by atoms with E-state index in [-0.39, 0.29) is 0 Å². The van der Waals surface area contributed by atoms with E-state index in [0.29, 0.717) is 13.2 Å². The van der Waals surface area contributed by atoms with E-state index in [4.69, 9.17) is 16.3 Å². The van der Waals surface area contributed by atoms with Crippen LogP contribution in [0.2, 0.25) is 5.02 Å². The number of ether oxygens (including phenoxy) is 1. The molecular formula is C16H25ClN2O2. The molecule has 1 aromatic carbocycles. The Balaban J connectivity index is 1.81. The predicted octanol–water partition coefficient (Wildman–Crippen LogP) is 1.99. The normalized spacial score (nSPS) is 18.3. The summed E-state index contributed by atoms with van der Waals surface area (Å²) < 4.78 is 5.71. The van der Waals surface area contributed by atoms with Crippen LogP contribution in [0.25, 0.3) is 0 Å². The summed E-state index contributed by atoms with van der Waals surface area (Å²) in [6, 6.07) is 3.83. The third-order valence-corrected chi connectivity index (χ3v) is 4.35. The number of nitrogens with one attached hydrogen (secondary N) is 1. The van der Waals surface area contributed by atoms with Crippen LogP contribution in [0, 0.1) is 13.8 Å². The Labute approximate surface area is 132 Å². The first kappa shape index (κ1) is 16.6. The number of rotatable bonds is 5. The van der Waals surface area contributed by atoms with E-state index in [1.54, 1.807) is 0 Å². The summed E-state index contributed by atoms with van der Waals surface area (Å²) >= 11 is 6.14. The molecule has 118 valence electrons. The standard InChI is InChI=1S/C16H25ClN2O2/c1-12-8-15(9-13(2)16(12)17)21-11-14(20)10-19-6-3-4-18-5-7-19/h8-9,14,18,20H,3-7,10-11H2,1-2H3/t14-/m0/s1. The molecule has 0 spiro atoms. The second-order valence-electron chi connectivity index (χ2n) is 5.74. The zero-order valence-corrected chi connectivity index (χ0v) is 13.6. The Morgan fingerprint density at radius 3 is 2.71 bits per heavy atom. The van der Waals surface area contributed by atoms with Crippen molar-refractivity contribution in [3.8, 4) is 5.75 Å². The average Bonchev–Trinajstić information content (AvgIpc) is 2.71. The molecule has 0 aliphatic carbocycles. The van der Waals surface area contributed by atoms with E-state index in [2.05, 4.69) is 10.2 Å². The average molecular weight is 313 g/mol. The van der Waals surface area contributed by atoms with Gasteiger partial charge in [0, 0.05) is 24.7 Å². The fraction of sp³-hybridized carbons (Fsp3) is 0.625. The van der Waals surface area contributed by atoms with E-state index < -0.39 is 6.10 Å². The molecule has 1 aliphatic heterocycles. The van der Waals surface area contributed by atoms with Crippen LogP contribution in [0.1, 0.15) is 17.5 Å². The molecule has 0 aromatic heterocycles. The minimum atomic E-state index is -0.473. The molecule has 1 heterocycles. The molecule has 2 rings (SSSR count). The van der Waals surface area contributed by atoms with E-state index in [9.17, 15) is 5.11 Å². The van der Waals surface area contributed by atoms with Gasteiger partial charge >= 0.3 is 0 Å². The number of hydrogen-bond donors (Lipinski definition) is 2. The number of benzene rings is 1. The second-order valence-corrected chi connectivity index (χ2v) is 6.12. The van der Waals surface area contributed by atoms with Crippen molar-refractivity contribution in [1.82, 2.24) is 10.2 Å². The molecule has 1 aromatic rings. The van der Waals surface area contributed by atoms with E-state index in [0.717, 1.165) is 54.5 Å². The Morgan fingerprint density at radius 2 is 2.00 bits per heavy atom. The van der Waals surface area contributed by atoms with Gasteiger partial charge in [-0.25, -0.2) is 0 Å². The lowest BCUT2D eigenvalue weighted by atomic mass is 10.1. The monoisotopic (exact) mass is 312 g/mol. The van der Waals surface area contributed by atoms with Crippen molar-refractivity contribution < 1.29 is 9.84 Å². The second kappa shape index (κ2) is 7.99. The van der Waals surface area contributed by atoms with Gasteiger partial charge in [0.05, 0.1) is 0 Å². The van der Waals surface area contributed by atoms with Crippen LogP contribution in [0.4, 0.5) is 0 Å². The van der Waals surface area contributed by atoms with Crippen LogP contribution in [-0.2, 0) is 0 Å². The van der Waals surface area contributed by atoms with E-state index in [1.807, 2.05) is 26.0 Å². The lowest BCUT2D eigenvalue weighted by molar-refractivity contribution is 0.0703. The maximum Gasteiger partial charge on any atom is 0.120 e. The van der Waals surface area contributed by atoms with Gasteiger partial charge in [0.2, 0.25) is 0 Å². The summed E-state index contributed by atoms with van der Waals surface area (Å²) in [5.74, 6) is 0.769. The number of β-amino-alcohol motifs (C(OH)–C–C–N with tert-alkyl or cyclic N) is 1. The highest BCUT2D eigenvalue weighted by Gasteiger charge is 2.14. The molecule has 0 bridgehead atoms. The van der Waals surface area contributed by atoms with Gasteiger partial charge in [-0.1, -0.05) is 11.6 Å². The minimum absolute atomic E-state index is 0.310. The summed E-state index contributed by atoms with van der Waals surface area (Å²) in [5.41, 5.74) is 2.00. The Hall–Kier alpha value is -0.810. The highest BCUT2D eigenvalue weighted by molar-refractivity contribution is 6.32. The molecule has 1 fully saturated rings. The van der Waals surface area contributed by atoms with Crippen molar-refractivity contribution in [3.63, 3.8) is 0 Å². The van der Waals surface area contributed by atoms with Crippen molar-refractivity contribution in [2.24, 2.45) is 0 Å². The number of aliphatic hydroxyl groups is 1. The van der Waals surface area contributed by atoms with Gasteiger partial charge < -0.3 is 15.2 Å². The number of aryl methyl sites for hydroxylation is 2. The molecule has 1 saturated heterocycles. The quantitative estimate of drug-likeness (QED) is 0.873. The molecule has 2 N–H and O–H groups in total. The Kier molecular flexibility index (Phi) is 6.30. The fourth-order valence-corrected chi connectivity index (χ4v) is 2.73. The molecular weight excluding hydrogens is 288 g/mol. The van der Waals surface area contributed by atoms with Gasteiger partial charge in [0.1, 0.15) is 18.5 Å². The van der Waals surface area contributed by atoms with Gasteiger partial charge in [-0.15, -0.1) is 0 Å². The summed E-state index contributed by atoms with van der Waals surface area (Å²) in [6.07, 6.45) is 0.655. The van der Waals surface area contributed by atoms with Crippen LogP contribution >= 0.6 is 11.6 Å². The van der Waals surface area contributed by atoms with Crippen LogP contribution in [0.5, 0.6) is 5.75 Å². The van der Waals surface area contributed by atoms with Gasteiger partial charge in [-0.2, -0.15) is 0 Å². The third kappa shape index (κ3) is 5.15. The lowest BCUT2D eigenvalue weighted by Gasteiger charge is -2.23. The fourth-order valence-electron chi connectivity index (χ4n) is 2.62. The summed E-state index contributed by atoms with van der Waals surface area (Å²) in [5, 5.41) is 14.3. The highest BCUT2D eigenvalue weighted by atomic mass is 35.5. The lowest BCUT2D eigenvalue weighted by Crippen LogP contribution is -2.37. The topological polar surface area (TPSA) is 44.7 Å². The molecule has 0 saturated carbocycles. The zero-order chi connectivity index (χ0) is 15.2. The maximum absolute atomic E-state index is 10.1. The summed E-state index contributed by atoms with van der Waals surface area (Å²) in [7, 11) is 0. The Morgan fingerprint density at radius 1 is 1.29 bits per heavy atom. The van der Waals surface area contributed by atoms with Crippen molar-refractivity contribution in [1.29, 1.82) is 0 Å². The molecule has 5 heteroatoms. The number of nitrogens with zero attached hydrogens (tertiary/aromatic N) is 1. The van der Waals surface area contributed by atoms with Gasteiger partial charge in [0.25, 0.3) is 0 Å². The molecule has 0 unspecified atom stereocenters. The Bertz CT molecular complexity index is 437. The molecule has 1 atom stereocenters. The third-order valence-electron chi connectivity index (χ3n) is 3.75. The van der Waals surface area contributed by atoms with Crippen molar-refractivity contribution in [2.45, 2.75) is 26.4 Å². The number of aliphatic hydroxyl groups excluding tert-OH is 1. The van der Waals surface area contributed by atoms with Crippen molar-refractivity contribution in [2.75, 3.05) is 39.3 Å². The van der Waals surface area contributed by atoms with Crippen LogP contribution in [0.15, 0.2) is 12.1 Å². The van der Waals surface area contributed by atoms with Crippen LogP contribution in [-0.4, -0.2) is 55.4 Å². The van der Waals surface area contributed by atoms with Crippen molar-refractivity contribution in [3.05, 3.63) is 28.3 Å². The largest absolute Gasteiger partial charge is 0.491 e. The highest BCUT2D eigenvalue weighted by Crippen LogP contribution is 2.25. The predicted molar refractivity (Wildman–Crippen MR) is 86.4 cm³/mol. The first-order chi connectivity index (χ1) is 10.1. The number of halogens is 1. The molecule has 0 radical (unpaired) electrons. The first-order valence-corrected chi connectivity index (χ1v) is 7.94. The summed E-state index contributed by atoms with van der Waals surface area (Å²) in [4.78, 5) is 2.28. The zero-order valence-electron chi connectivity index (χ0n) is 12.9. The van der Waals surface area contributed by atoms with Gasteiger partial charge in [-0.3, -0.25) is 4.90 Å².